The number of hydrogen-bond acceptors (Lipinski definition) is 4. The van der Waals surface area contributed by atoms with Crippen molar-refractivity contribution in [3.63, 3.8) is 0 Å². The molecule has 0 saturated carbocycles. The van der Waals surface area contributed by atoms with E-state index in [0.717, 1.165) is 5.56 Å². The molecule has 3 N–H and O–H groups in total. The van der Waals surface area contributed by atoms with Crippen LogP contribution in [0, 0.1) is 0 Å². The van der Waals surface area contributed by atoms with Crippen molar-refractivity contribution in [2.24, 2.45) is 0 Å². The van der Waals surface area contributed by atoms with Crippen molar-refractivity contribution in [1.29, 1.82) is 0 Å². The zero-order valence-corrected chi connectivity index (χ0v) is 11.3. The molecule has 1 aromatic carbocycles. The van der Waals surface area contributed by atoms with E-state index in [9.17, 15) is 15.0 Å². The number of carboxylic acids is 1. The number of benzene rings is 1. The second kappa shape index (κ2) is 6.99. The Labute approximate surface area is 113 Å². The molecule has 0 spiro atoms. The molecule has 0 amide bonds. The van der Waals surface area contributed by atoms with Crippen LogP contribution < -0.4 is 0 Å². The van der Waals surface area contributed by atoms with Gasteiger partial charge in [0.05, 0.1) is 0 Å². The van der Waals surface area contributed by atoms with E-state index >= 15 is 0 Å². The summed E-state index contributed by atoms with van der Waals surface area (Å²) >= 11 is 0. The molecule has 1 aromatic rings. The van der Waals surface area contributed by atoms with Gasteiger partial charge >= 0.3 is 5.97 Å². The molecule has 0 atom stereocenters. The lowest BCUT2D eigenvalue weighted by molar-refractivity contribution is -0.137. The molecule has 0 aliphatic heterocycles. The average Bonchev–Trinajstić information content (AvgIpc) is 2.32. The summed E-state index contributed by atoms with van der Waals surface area (Å²) in [6.07, 6.45) is 0.752. The number of carbonyl (C=O) groups is 1. The lowest BCUT2D eigenvalue weighted by Crippen LogP contribution is -2.31. The monoisotopic (exact) mass is 267 g/mol. The molecule has 19 heavy (non-hydrogen) atoms. The van der Waals surface area contributed by atoms with E-state index in [2.05, 4.69) is 4.90 Å². The molecule has 0 aliphatic rings. The maximum atomic E-state index is 10.5. The Kier molecular flexibility index (Phi) is 5.63. The summed E-state index contributed by atoms with van der Waals surface area (Å²) in [5, 5.41) is 27.4. The summed E-state index contributed by atoms with van der Waals surface area (Å²) in [4.78, 5) is 12.6. The van der Waals surface area contributed by atoms with Crippen molar-refractivity contribution in [3.05, 3.63) is 23.8 Å². The minimum absolute atomic E-state index is 0.133. The van der Waals surface area contributed by atoms with Crippen LogP contribution in [-0.2, 0) is 11.3 Å². The first-order valence-electron chi connectivity index (χ1n) is 6.37. The molecule has 5 nitrogen and oxygen atoms in total. The first-order chi connectivity index (χ1) is 8.90. The number of aliphatic carboxylic acids is 1. The second-order valence-electron chi connectivity index (χ2n) is 4.88. The van der Waals surface area contributed by atoms with Gasteiger partial charge in [0, 0.05) is 19.0 Å². The molecule has 1 rings (SSSR count). The summed E-state index contributed by atoms with van der Waals surface area (Å²) in [6.45, 7) is 5.39. The molecule has 106 valence electrons. The molecular weight excluding hydrogens is 246 g/mol. The van der Waals surface area contributed by atoms with E-state index < -0.39 is 5.97 Å². The minimum Gasteiger partial charge on any atom is -0.504 e. The number of hydrogen-bond donors (Lipinski definition) is 3. The third kappa shape index (κ3) is 5.18. The standard InChI is InChI=1S/C14H21NO4/c1-10(2)15(7-3-4-14(18)19)9-11-5-6-12(16)13(17)8-11/h5-6,8,10,16-17H,3-4,7,9H2,1-2H3,(H,18,19). The van der Waals surface area contributed by atoms with Crippen molar-refractivity contribution < 1.29 is 20.1 Å². The highest BCUT2D eigenvalue weighted by atomic mass is 16.4. The van der Waals surface area contributed by atoms with Crippen LogP contribution >= 0.6 is 0 Å². The number of rotatable bonds is 7. The first kappa shape index (κ1) is 15.3. The van der Waals surface area contributed by atoms with E-state index in [1.807, 2.05) is 13.8 Å². The highest BCUT2D eigenvalue weighted by Crippen LogP contribution is 2.25. The van der Waals surface area contributed by atoms with Gasteiger partial charge in [0.2, 0.25) is 0 Å². The van der Waals surface area contributed by atoms with Crippen LogP contribution in [0.2, 0.25) is 0 Å². The van der Waals surface area contributed by atoms with E-state index in [1.165, 1.54) is 12.1 Å². The Morgan fingerprint density at radius 2 is 1.95 bits per heavy atom. The van der Waals surface area contributed by atoms with Gasteiger partial charge in [-0.1, -0.05) is 6.07 Å². The highest BCUT2D eigenvalue weighted by Gasteiger charge is 2.12. The maximum absolute atomic E-state index is 10.5. The van der Waals surface area contributed by atoms with Gasteiger partial charge in [-0.2, -0.15) is 0 Å². The van der Waals surface area contributed by atoms with Crippen LogP contribution in [-0.4, -0.2) is 38.8 Å². The van der Waals surface area contributed by atoms with Crippen molar-refractivity contribution in [3.8, 4) is 11.5 Å². The van der Waals surface area contributed by atoms with Crippen LogP contribution in [0.4, 0.5) is 0 Å². The Morgan fingerprint density at radius 3 is 2.47 bits per heavy atom. The van der Waals surface area contributed by atoms with Crippen molar-refractivity contribution in [1.82, 2.24) is 4.90 Å². The molecule has 5 heteroatoms. The zero-order chi connectivity index (χ0) is 14.4. The molecule has 0 saturated heterocycles. The molecule has 0 bridgehead atoms. The van der Waals surface area contributed by atoms with Crippen molar-refractivity contribution >= 4 is 5.97 Å². The predicted molar refractivity (Wildman–Crippen MR) is 72.2 cm³/mol. The third-order valence-electron chi connectivity index (χ3n) is 2.99. The Balaban J connectivity index is 2.62. The summed E-state index contributed by atoms with van der Waals surface area (Å²) < 4.78 is 0. The van der Waals surface area contributed by atoms with Crippen LogP contribution in [0.5, 0.6) is 11.5 Å². The highest BCUT2D eigenvalue weighted by molar-refractivity contribution is 5.66. The van der Waals surface area contributed by atoms with Crippen LogP contribution in [0.15, 0.2) is 18.2 Å². The lowest BCUT2D eigenvalue weighted by Gasteiger charge is -2.26. The van der Waals surface area contributed by atoms with Crippen molar-refractivity contribution in [2.75, 3.05) is 6.54 Å². The molecule has 0 fully saturated rings. The van der Waals surface area contributed by atoms with E-state index in [0.29, 0.717) is 19.5 Å². The Morgan fingerprint density at radius 1 is 1.26 bits per heavy atom. The van der Waals surface area contributed by atoms with Gasteiger partial charge in [0.25, 0.3) is 0 Å². The summed E-state index contributed by atoms with van der Waals surface area (Å²) in [6, 6.07) is 5.02. The van der Waals surface area contributed by atoms with Gasteiger partial charge < -0.3 is 15.3 Å². The molecular formula is C14H21NO4. The Hall–Kier alpha value is -1.75. The molecule has 0 aromatic heterocycles. The predicted octanol–water partition coefficient (Wildman–Crippen LogP) is 2.17. The summed E-state index contributed by atoms with van der Waals surface area (Å²) in [7, 11) is 0. The third-order valence-corrected chi connectivity index (χ3v) is 2.99. The second-order valence-corrected chi connectivity index (χ2v) is 4.88. The van der Waals surface area contributed by atoms with Gasteiger partial charge in [-0.05, 0) is 44.5 Å². The fourth-order valence-electron chi connectivity index (χ4n) is 1.86. The summed E-state index contributed by atoms with van der Waals surface area (Å²) in [5.41, 5.74) is 0.888. The van der Waals surface area contributed by atoms with Crippen molar-refractivity contribution in [2.45, 2.75) is 39.3 Å². The van der Waals surface area contributed by atoms with E-state index in [1.54, 1.807) is 6.07 Å². The van der Waals surface area contributed by atoms with E-state index in [-0.39, 0.29) is 24.0 Å². The van der Waals surface area contributed by atoms with Crippen LogP contribution in [0.1, 0.15) is 32.3 Å². The number of phenols is 2. The molecule has 0 radical (unpaired) electrons. The quantitative estimate of drug-likeness (QED) is 0.660. The average molecular weight is 267 g/mol. The minimum atomic E-state index is -0.786. The molecule has 0 aliphatic carbocycles. The maximum Gasteiger partial charge on any atom is 0.303 e. The van der Waals surface area contributed by atoms with Gasteiger partial charge in [-0.15, -0.1) is 0 Å². The van der Waals surface area contributed by atoms with Crippen LogP contribution in [0.3, 0.4) is 0 Å². The first-order valence-corrected chi connectivity index (χ1v) is 6.37. The number of phenolic OH excluding ortho intramolecular Hbond substituents is 2. The lowest BCUT2D eigenvalue weighted by atomic mass is 10.1. The van der Waals surface area contributed by atoms with Gasteiger partial charge in [0.15, 0.2) is 11.5 Å². The normalized spacial score (nSPS) is 11.2. The number of aromatic hydroxyl groups is 2. The topological polar surface area (TPSA) is 81.0 Å². The molecule has 0 heterocycles. The molecule has 0 unspecified atom stereocenters. The van der Waals surface area contributed by atoms with E-state index in [4.69, 9.17) is 5.11 Å². The van der Waals surface area contributed by atoms with Crippen LogP contribution in [0.25, 0.3) is 0 Å². The largest absolute Gasteiger partial charge is 0.504 e. The van der Waals surface area contributed by atoms with Gasteiger partial charge in [-0.25, -0.2) is 0 Å². The fraction of sp³-hybridized carbons (Fsp3) is 0.500. The fourth-order valence-corrected chi connectivity index (χ4v) is 1.86. The van der Waals surface area contributed by atoms with Gasteiger partial charge in [-0.3, -0.25) is 9.69 Å². The SMILES string of the molecule is CC(C)N(CCCC(=O)O)Cc1ccc(O)c(O)c1. The number of nitrogens with zero attached hydrogens (tertiary/aromatic N) is 1. The summed E-state index contributed by atoms with van der Waals surface area (Å²) in [5.74, 6) is -1.05. The number of carboxylic acid groups (broad SMARTS) is 1. The zero-order valence-electron chi connectivity index (χ0n) is 11.3. The Bertz CT molecular complexity index is 431. The van der Waals surface area contributed by atoms with Gasteiger partial charge in [0.1, 0.15) is 0 Å². The smallest absolute Gasteiger partial charge is 0.303 e.